The van der Waals surface area contributed by atoms with Crippen LogP contribution < -0.4 is 0 Å². The van der Waals surface area contributed by atoms with Gasteiger partial charge in [-0.15, -0.1) is 0 Å². The normalized spacial score (nSPS) is 23.2. The Hall–Kier alpha value is -2.51. The highest BCUT2D eigenvalue weighted by molar-refractivity contribution is 5.94. The van der Waals surface area contributed by atoms with Crippen LogP contribution in [-0.2, 0) is 9.59 Å². The van der Waals surface area contributed by atoms with Gasteiger partial charge in [0.05, 0.1) is 11.5 Å². The minimum Gasteiger partial charge on any atom is -0.481 e. The summed E-state index contributed by atoms with van der Waals surface area (Å²) in [6, 6.07) is 2.84. The number of amides is 2. The van der Waals surface area contributed by atoms with Crippen LogP contribution in [0.4, 0.5) is 8.78 Å². The Morgan fingerprint density at radius 1 is 0.963 bits per heavy atom. The van der Waals surface area contributed by atoms with Crippen LogP contribution in [0.2, 0.25) is 0 Å². The Kier molecular flexibility index (Phi) is 5.72. The number of piperazine rings is 1. The van der Waals surface area contributed by atoms with E-state index in [0.717, 1.165) is 18.6 Å². The van der Waals surface area contributed by atoms with E-state index in [1.54, 1.807) is 4.90 Å². The summed E-state index contributed by atoms with van der Waals surface area (Å²) in [5.41, 5.74) is -0.187. The number of benzene rings is 1. The van der Waals surface area contributed by atoms with E-state index in [4.69, 9.17) is 5.11 Å². The third-order valence-electron chi connectivity index (χ3n) is 5.41. The van der Waals surface area contributed by atoms with Crippen molar-refractivity contribution in [3.05, 3.63) is 35.4 Å². The van der Waals surface area contributed by atoms with Crippen LogP contribution in [0.25, 0.3) is 0 Å². The van der Waals surface area contributed by atoms with Gasteiger partial charge in [0.2, 0.25) is 5.91 Å². The van der Waals surface area contributed by atoms with E-state index < -0.39 is 29.4 Å². The number of aliphatic carboxylic acids is 1. The molecule has 27 heavy (non-hydrogen) atoms. The van der Waals surface area contributed by atoms with Gasteiger partial charge in [-0.3, -0.25) is 14.4 Å². The van der Waals surface area contributed by atoms with Crippen molar-refractivity contribution in [3.8, 4) is 0 Å². The van der Waals surface area contributed by atoms with Crippen molar-refractivity contribution in [2.24, 2.45) is 11.8 Å². The first-order chi connectivity index (χ1) is 12.9. The fourth-order valence-electron chi connectivity index (χ4n) is 3.86. The number of halogens is 2. The third-order valence-corrected chi connectivity index (χ3v) is 5.41. The van der Waals surface area contributed by atoms with Crippen LogP contribution in [0.5, 0.6) is 0 Å². The Balaban J connectivity index is 1.57. The number of carbonyl (C=O) groups is 3. The zero-order valence-electron chi connectivity index (χ0n) is 14.9. The van der Waals surface area contributed by atoms with Gasteiger partial charge in [0, 0.05) is 38.2 Å². The molecular weight excluding hydrogens is 358 g/mol. The van der Waals surface area contributed by atoms with Crippen LogP contribution in [0.15, 0.2) is 18.2 Å². The van der Waals surface area contributed by atoms with Crippen molar-refractivity contribution < 1.29 is 28.3 Å². The van der Waals surface area contributed by atoms with Crippen LogP contribution in [-0.4, -0.2) is 58.9 Å². The molecule has 1 aromatic rings. The van der Waals surface area contributed by atoms with Crippen molar-refractivity contribution >= 4 is 17.8 Å². The number of hydrogen-bond acceptors (Lipinski definition) is 3. The summed E-state index contributed by atoms with van der Waals surface area (Å²) < 4.78 is 26.8. The molecule has 2 aliphatic rings. The SMILES string of the molecule is O=C(O)C1CCCC(C(=O)N2CCN(C(=O)c3ccc(F)cc3F)CC2)C1. The second-order valence-corrected chi connectivity index (χ2v) is 7.14. The standard InChI is InChI=1S/C19H22F2N2O4/c20-14-4-5-15(16(21)11-14)18(25)23-8-6-22(7-9-23)17(24)12-2-1-3-13(10-12)19(26)27/h4-5,11-13H,1-3,6-10H2,(H,26,27). The van der Waals surface area contributed by atoms with Gasteiger partial charge in [0.15, 0.2) is 0 Å². The van der Waals surface area contributed by atoms with Gasteiger partial charge in [-0.05, 0) is 31.4 Å². The molecule has 1 aromatic carbocycles. The second-order valence-electron chi connectivity index (χ2n) is 7.14. The van der Waals surface area contributed by atoms with Gasteiger partial charge in [-0.2, -0.15) is 0 Å². The third kappa shape index (κ3) is 4.26. The summed E-state index contributed by atoms with van der Waals surface area (Å²) in [5.74, 6) is -3.87. The molecule has 0 aromatic heterocycles. The minimum atomic E-state index is -0.902. The fraction of sp³-hybridized carbons (Fsp3) is 0.526. The first-order valence-corrected chi connectivity index (χ1v) is 9.12. The lowest BCUT2D eigenvalue weighted by molar-refractivity contribution is -0.146. The molecular formula is C19H22F2N2O4. The van der Waals surface area contributed by atoms with Gasteiger partial charge in [0.1, 0.15) is 11.6 Å². The Morgan fingerprint density at radius 3 is 2.22 bits per heavy atom. The average Bonchev–Trinajstić information content (AvgIpc) is 2.67. The van der Waals surface area contributed by atoms with Gasteiger partial charge in [-0.1, -0.05) is 6.42 Å². The number of carboxylic acids is 1. The summed E-state index contributed by atoms with van der Waals surface area (Å²) in [6.07, 6.45) is 2.36. The first kappa shape index (κ1) is 19.3. The van der Waals surface area contributed by atoms with Gasteiger partial charge in [-0.25, -0.2) is 8.78 Å². The first-order valence-electron chi connectivity index (χ1n) is 9.12. The fourth-order valence-corrected chi connectivity index (χ4v) is 3.86. The summed E-state index contributed by atoms with van der Waals surface area (Å²) in [4.78, 5) is 39.4. The molecule has 0 bridgehead atoms. The number of carbonyl (C=O) groups excluding carboxylic acids is 2. The zero-order chi connectivity index (χ0) is 19.6. The maximum absolute atomic E-state index is 13.8. The molecule has 1 aliphatic heterocycles. The Morgan fingerprint density at radius 2 is 1.59 bits per heavy atom. The topological polar surface area (TPSA) is 77.9 Å². The quantitative estimate of drug-likeness (QED) is 0.872. The van der Waals surface area contributed by atoms with Crippen molar-refractivity contribution in [1.82, 2.24) is 9.80 Å². The second kappa shape index (κ2) is 8.02. The largest absolute Gasteiger partial charge is 0.481 e. The highest BCUT2D eigenvalue weighted by Gasteiger charge is 2.35. The minimum absolute atomic E-state index is 0.0685. The van der Waals surface area contributed by atoms with E-state index in [-0.39, 0.29) is 30.5 Å². The smallest absolute Gasteiger partial charge is 0.306 e. The summed E-state index contributed by atoms with van der Waals surface area (Å²) in [5, 5.41) is 9.17. The van der Waals surface area contributed by atoms with E-state index in [1.165, 1.54) is 4.90 Å². The molecule has 1 aliphatic carbocycles. The molecule has 2 fully saturated rings. The van der Waals surface area contributed by atoms with Crippen molar-refractivity contribution in [2.45, 2.75) is 25.7 Å². The van der Waals surface area contributed by atoms with E-state index in [2.05, 4.69) is 0 Å². The lowest BCUT2D eigenvalue weighted by Gasteiger charge is -2.37. The predicted octanol–water partition coefficient (Wildman–Crippen LogP) is 2.14. The molecule has 8 heteroatoms. The molecule has 0 radical (unpaired) electrons. The van der Waals surface area contributed by atoms with Crippen LogP contribution >= 0.6 is 0 Å². The molecule has 146 valence electrons. The zero-order valence-corrected chi connectivity index (χ0v) is 14.9. The summed E-state index contributed by atoms with van der Waals surface area (Å²) >= 11 is 0. The molecule has 2 unspecified atom stereocenters. The molecule has 6 nitrogen and oxygen atoms in total. The monoisotopic (exact) mass is 380 g/mol. The maximum Gasteiger partial charge on any atom is 0.306 e. The van der Waals surface area contributed by atoms with Crippen LogP contribution in [0.3, 0.4) is 0 Å². The lowest BCUT2D eigenvalue weighted by atomic mass is 9.80. The molecule has 2 amide bonds. The molecule has 3 rings (SSSR count). The molecule has 1 saturated carbocycles. The lowest BCUT2D eigenvalue weighted by Crippen LogP contribution is -2.52. The maximum atomic E-state index is 13.8. The number of nitrogens with zero attached hydrogens (tertiary/aromatic N) is 2. The average molecular weight is 380 g/mol. The number of carboxylic acid groups (broad SMARTS) is 1. The van der Waals surface area contributed by atoms with E-state index in [1.807, 2.05) is 0 Å². The van der Waals surface area contributed by atoms with E-state index >= 15 is 0 Å². The van der Waals surface area contributed by atoms with Crippen molar-refractivity contribution in [2.75, 3.05) is 26.2 Å². The summed E-state index contributed by atoms with van der Waals surface area (Å²) in [7, 11) is 0. The van der Waals surface area contributed by atoms with Crippen molar-refractivity contribution in [3.63, 3.8) is 0 Å². The molecule has 1 N–H and O–H groups in total. The van der Waals surface area contributed by atoms with Gasteiger partial charge in [0.25, 0.3) is 5.91 Å². The predicted molar refractivity (Wildman–Crippen MR) is 91.9 cm³/mol. The highest BCUT2D eigenvalue weighted by Crippen LogP contribution is 2.31. The van der Waals surface area contributed by atoms with E-state index in [0.29, 0.717) is 38.4 Å². The van der Waals surface area contributed by atoms with Gasteiger partial charge < -0.3 is 14.9 Å². The number of rotatable bonds is 3. The van der Waals surface area contributed by atoms with Crippen LogP contribution in [0.1, 0.15) is 36.0 Å². The van der Waals surface area contributed by atoms with Gasteiger partial charge >= 0.3 is 5.97 Å². The molecule has 1 saturated heterocycles. The summed E-state index contributed by atoms with van der Waals surface area (Å²) in [6.45, 7) is 1.16. The van der Waals surface area contributed by atoms with Crippen molar-refractivity contribution in [1.29, 1.82) is 0 Å². The molecule has 2 atom stereocenters. The molecule has 0 spiro atoms. The Labute approximate surface area is 155 Å². The number of hydrogen-bond donors (Lipinski definition) is 1. The molecule has 1 heterocycles. The van der Waals surface area contributed by atoms with E-state index in [9.17, 15) is 23.2 Å². The van der Waals surface area contributed by atoms with Crippen LogP contribution in [0, 0.1) is 23.5 Å². The highest BCUT2D eigenvalue weighted by atomic mass is 19.1. The Bertz CT molecular complexity index is 747.